The molecule has 0 spiro atoms. The number of nitrogens with zero attached hydrogens (tertiary/aromatic N) is 4. The van der Waals surface area contributed by atoms with Crippen LogP contribution >= 0.6 is 39.7 Å². The normalized spacial score (nSPS) is 37.3. The van der Waals surface area contributed by atoms with Crippen LogP contribution in [0.15, 0.2) is 23.0 Å². The molecule has 4 unspecified atom stereocenters. The van der Waals surface area contributed by atoms with Crippen molar-refractivity contribution in [1.82, 2.24) is 0 Å². The van der Waals surface area contributed by atoms with Gasteiger partial charge < -0.3 is 0 Å². The molecule has 9 heteroatoms. The molecule has 104 valence electrons. The molecule has 0 aliphatic carbocycles. The van der Waals surface area contributed by atoms with E-state index in [2.05, 4.69) is 21.6 Å². The molecule has 2 aliphatic heterocycles. The molecule has 0 aromatic carbocycles. The van der Waals surface area contributed by atoms with Crippen LogP contribution in [0.3, 0.4) is 0 Å². The molecule has 0 amide bonds. The topological polar surface area (TPSA) is 95.2 Å². The predicted octanol–water partition coefficient (Wildman–Crippen LogP) is 2.78. The van der Waals surface area contributed by atoms with Crippen molar-refractivity contribution in [3.8, 4) is 21.6 Å². The molecule has 0 aromatic heterocycles. The van der Waals surface area contributed by atoms with Crippen LogP contribution in [-0.4, -0.2) is 11.5 Å². The maximum atomic E-state index is 8.47. The monoisotopic (exact) mass is 422 g/mol. The van der Waals surface area contributed by atoms with E-state index in [0.717, 1.165) is 11.5 Å². The van der Waals surface area contributed by atoms with Crippen molar-refractivity contribution in [3.63, 3.8) is 0 Å². The van der Waals surface area contributed by atoms with Gasteiger partial charge in [-0.2, -0.15) is 21.0 Å². The minimum absolute atomic E-state index is 0. The number of nitriles is 4. The molecule has 2 heterocycles. The molecule has 4 atom stereocenters. The zero-order valence-corrected chi connectivity index (χ0v) is 14.7. The van der Waals surface area contributed by atoms with Gasteiger partial charge >= 0.3 is 20.4 Å². The fourth-order valence-electron chi connectivity index (χ4n) is 1.18. The number of hydrogen-bond acceptors (Lipinski definition) is 4. The molecule has 0 N–H and O–H groups in total. The number of rotatable bonds is 0. The first kappa shape index (κ1) is 18.5. The van der Waals surface area contributed by atoms with E-state index in [1.165, 1.54) is 0 Å². The standard InChI is InChI=1S/2C5H6N2S2.Pd/c2*6-4-8-2-1-3-9(8)5-7;/h2*1-2,8-9H,3H2;/q;;+2. The first-order valence-electron chi connectivity index (χ1n) is 4.82. The van der Waals surface area contributed by atoms with Gasteiger partial charge in [0.2, 0.25) is 0 Å². The Labute approximate surface area is 136 Å². The van der Waals surface area contributed by atoms with E-state index in [0.29, 0.717) is 0 Å². The van der Waals surface area contributed by atoms with Crippen molar-refractivity contribution in [2.75, 3.05) is 11.5 Å². The van der Waals surface area contributed by atoms with Crippen LogP contribution in [0, 0.1) is 42.7 Å². The van der Waals surface area contributed by atoms with E-state index in [1.54, 1.807) is 0 Å². The summed E-state index contributed by atoms with van der Waals surface area (Å²) in [4.78, 5) is 0. The molecule has 0 aromatic rings. The van der Waals surface area contributed by atoms with Gasteiger partial charge in [0.25, 0.3) is 0 Å². The first-order chi connectivity index (χ1) is 8.76. The van der Waals surface area contributed by atoms with Gasteiger partial charge in [-0.1, -0.05) is 12.2 Å². The van der Waals surface area contributed by atoms with E-state index in [-0.39, 0.29) is 20.4 Å². The fraction of sp³-hybridized carbons (Fsp3) is 0.200. The van der Waals surface area contributed by atoms with Crippen molar-refractivity contribution in [1.29, 1.82) is 21.0 Å². The Morgan fingerprint density at radius 3 is 1.26 bits per heavy atom. The van der Waals surface area contributed by atoms with Crippen LogP contribution in [-0.2, 0) is 20.4 Å². The Hall–Kier alpha value is -0.498. The molecule has 0 bridgehead atoms. The number of thiocyanates is 4. The third kappa shape index (κ3) is 5.56. The van der Waals surface area contributed by atoms with Gasteiger partial charge in [0.15, 0.2) is 0 Å². The van der Waals surface area contributed by atoms with Crippen LogP contribution in [0.2, 0.25) is 0 Å². The van der Waals surface area contributed by atoms with Crippen LogP contribution in [0.25, 0.3) is 0 Å². The van der Waals surface area contributed by atoms with Gasteiger partial charge in [-0.3, -0.25) is 0 Å². The van der Waals surface area contributed by atoms with Crippen LogP contribution in [0.5, 0.6) is 0 Å². The summed E-state index contributed by atoms with van der Waals surface area (Å²) in [6.07, 6.45) is 3.90. The molecule has 0 fully saturated rings. The summed E-state index contributed by atoms with van der Waals surface area (Å²) in [5, 5.41) is 46.3. The second-order valence-electron chi connectivity index (χ2n) is 3.02. The van der Waals surface area contributed by atoms with E-state index in [4.69, 9.17) is 21.0 Å². The molecular weight excluding hydrogens is 411 g/mol. The number of thiol groups is 4. The number of hydrogen-bond donors (Lipinski definition) is 4. The summed E-state index contributed by atoms with van der Waals surface area (Å²) in [6, 6.07) is 0. The third-order valence-electron chi connectivity index (χ3n) is 2.01. The van der Waals surface area contributed by atoms with Crippen molar-refractivity contribution in [3.05, 3.63) is 23.0 Å². The van der Waals surface area contributed by atoms with Crippen LogP contribution < -0.4 is 0 Å². The fourth-order valence-corrected chi connectivity index (χ4v) is 8.49. The summed E-state index contributed by atoms with van der Waals surface area (Å²) >= 11 is 0. The Bertz CT molecular complexity index is 474. The van der Waals surface area contributed by atoms with Gasteiger partial charge in [0.05, 0.1) is 0 Å². The molecule has 0 saturated carbocycles. The average Bonchev–Trinajstić information content (AvgIpc) is 3.06. The van der Waals surface area contributed by atoms with Crippen LogP contribution in [0.1, 0.15) is 0 Å². The Kier molecular flexibility index (Phi) is 10.0. The zero-order chi connectivity index (χ0) is 13.4. The van der Waals surface area contributed by atoms with Crippen molar-refractivity contribution in [2.45, 2.75) is 0 Å². The summed E-state index contributed by atoms with van der Waals surface area (Å²) in [7, 11) is -2.57. The summed E-state index contributed by atoms with van der Waals surface area (Å²) in [5.41, 5.74) is 0. The summed E-state index contributed by atoms with van der Waals surface area (Å²) in [5.74, 6) is 1.68. The first-order valence-corrected chi connectivity index (χ1v) is 12.1. The van der Waals surface area contributed by atoms with Gasteiger partial charge in [-0.05, 0) is 10.8 Å². The van der Waals surface area contributed by atoms with Crippen molar-refractivity contribution < 1.29 is 20.4 Å². The van der Waals surface area contributed by atoms with Gasteiger partial charge in [-0.15, -0.1) is 39.7 Å². The Morgan fingerprint density at radius 1 is 0.684 bits per heavy atom. The molecular formula is C10H12N4PdS4+2. The molecule has 0 radical (unpaired) electrons. The Morgan fingerprint density at radius 2 is 1.05 bits per heavy atom. The van der Waals surface area contributed by atoms with Crippen LogP contribution in [0.4, 0.5) is 0 Å². The van der Waals surface area contributed by atoms with Crippen molar-refractivity contribution in [2.24, 2.45) is 0 Å². The van der Waals surface area contributed by atoms with Gasteiger partial charge in [-0.25, -0.2) is 0 Å². The largest absolute Gasteiger partial charge is 2.00 e. The minimum Gasteiger partial charge on any atom is -0.186 e. The zero-order valence-electron chi connectivity index (χ0n) is 9.62. The maximum absolute atomic E-state index is 8.47. The SMILES string of the molecule is N#C[SH]1C=CC[SH]1C#N.N#C[SH]1C=CC[SH]1C#N.[Pd+2]. The van der Waals surface area contributed by atoms with Gasteiger partial charge in [0, 0.05) is 11.5 Å². The van der Waals surface area contributed by atoms with E-state index >= 15 is 0 Å². The predicted molar refractivity (Wildman–Crippen MR) is 86.4 cm³/mol. The van der Waals surface area contributed by atoms with E-state index in [9.17, 15) is 0 Å². The minimum atomic E-state index is -0.678. The van der Waals surface area contributed by atoms with E-state index < -0.39 is 39.7 Å². The van der Waals surface area contributed by atoms with Gasteiger partial charge in [0.1, 0.15) is 21.6 Å². The quantitative estimate of drug-likeness (QED) is 0.209. The molecule has 0 saturated heterocycles. The maximum Gasteiger partial charge on any atom is 2.00 e. The molecule has 2 rings (SSSR count). The second-order valence-corrected chi connectivity index (χ2v) is 13.6. The Balaban J connectivity index is 0.000000324. The molecule has 19 heavy (non-hydrogen) atoms. The van der Waals surface area contributed by atoms with E-state index in [1.807, 2.05) is 23.0 Å². The summed E-state index contributed by atoms with van der Waals surface area (Å²) in [6.45, 7) is 0. The summed E-state index contributed by atoms with van der Waals surface area (Å²) < 4.78 is 0. The van der Waals surface area contributed by atoms with Crippen molar-refractivity contribution >= 4 is 39.7 Å². The third-order valence-corrected chi connectivity index (χ3v) is 12.0. The second kappa shape index (κ2) is 10.3. The smallest absolute Gasteiger partial charge is 0.186 e. The molecule has 4 nitrogen and oxygen atoms in total. The average molecular weight is 423 g/mol. The molecule has 2 aliphatic rings.